The largest absolute Gasteiger partial charge is 0.481 e. The predicted octanol–water partition coefficient (Wildman–Crippen LogP) is 5.21. The van der Waals surface area contributed by atoms with Gasteiger partial charge >= 0.3 is 5.97 Å². The first kappa shape index (κ1) is 25.1. The molecule has 1 atom stereocenters. The average molecular weight is 539 g/mol. The molecule has 4 rings (SSSR count). The van der Waals surface area contributed by atoms with Gasteiger partial charge in [0, 0.05) is 16.4 Å². The number of aliphatic carboxylic acids is 1. The van der Waals surface area contributed by atoms with Crippen molar-refractivity contribution in [3.63, 3.8) is 0 Å². The minimum absolute atomic E-state index is 0.123. The summed E-state index contributed by atoms with van der Waals surface area (Å²) in [4.78, 5) is 29.4. The van der Waals surface area contributed by atoms with Crippen LogP contribution in [0, 0.1) is 0 Å². The molecule has 7 nitrogen and oxygen atoms in total. The van der Waals surface area contributed by atoms with Gasteiger partial charge in [-0.25, -0.2) is 0 Å². The third-order valence-electron chi connectivity index (χ3n) is 6.33. The molecule has 8 heteroatoms. The zero-order valence-electron chi connectivity index (χ0n) is 20.3. The van der Waals surface area contributed by atoms with Gasteiger partial charge < -0.3 is 10.4 Å². The second kappa shape index (κ2) is 10.3. The fourth-order valence-electron chi connectivity index (χ4n) is 4.36. The standard InChI is InChI=1S/C27H31BrN4O3/c1-27(2,3)20-10-18(11-21(28)12-20)24(13-25(33)34)31-26(35)19-14-29-32(15-19)16-22-9-8-17-6-4-5-7-23(17)30-22/h8-12,14-15,24H,4-7,13,16H2,1-3H3,(H,31,35)(H,33,34)/t24-/m0/s1. The fraction of sp³-hybridized carbons (Fsp3) is 0.407. The summed E-state index contributed by atoms with van der Waals surface area (Å²) in [5.41, 5.74) is 5.45. The van der Waals surface area contributed by atoms with E-state index in [1.165, 1.54) is 30.3 Å². The lowest BCUT2D eigenvalue weighted by molar-refractivity contribution is -0.137. The zero-order chi connectivity index (χ0) is 25.2. The minimum Gasteiger partial charge on any atom is -0.481 e. The smallest absolute Gasteiger partial charge is 0.305 e. The lowest BCUT2D eigenvalue weighted by Gasteiger charge is -2.23. The summed E-state index contributed by atoms with van der Waals surface area (Å²) in [6, 6.07) is 9.33. The van der Waals surface area contributed by atoms with E-state index in [-0.39, 0.29) is 17.7 Å². The molecule has 1 aromatic carbocycles. The molecular weight excluding hydrogens is 508 g/mol. The molecular formula is C27H31BrN4O3. The summed E-state index contributed by atoms with van der Waals surface area (Å²) in [6.45, 7) is 6.75. The first-order valence-electron chi connectivity index (χ1n) is 11.9. The van der Waals surface area contributed by atoms with E-state index >= 15 is 0 Å². The fourth-order valence-corrected chi connectivity index (χ4v) is 4.87. The molecule has 1 amide bonds. The molecule has 0 fully saturated rings. The Balaban J connectivity index is 1.51. The number of fused-ring (bicyclic) bond motifs is 1. The molecule has 2 aromatic heterocycles. The number of hydrogen-bond donors (Lipinski definition) is 2. The summed E-state index contributed by atoms with van der Waals surface area (Å²) >= 11 is 3.53. The van der Waals surface area contributed by atoms with Crippen LogP contribution in [0.3, 0.4) is 0 Å². The highest BCUT2D eigenvalue weighted by molar-refractivity contribution is 9.10. The third-order valence-corrected chi connectivity index (χ3v) is 6.79. The highest BCUT2D eigenvalue weighted by Crippen LogP contribution is 2.30. The van der Waals surface area contributed by atoms with Gasteiger partial charge in [-0.1, -0.05) is 48.8 Å². The molecule has 0 saturated heterocycles. The Hall–Kier alpha value is -3.00. The van der Waals surface area contributed by atoms with Crippen molar-refractivity contribution in [3.05, 3.63) is 80.8 Å². The van der Waals surface area contributed by atoms with E-state index in [1.54, 1.807) is 10.9 Å². The van der Waals surface area contributed by atoms with Gasteiger partial charge in [0.05, 0.1) is 36.5 Å². The number of amides is 1. The summed E-state index contributed by atoms with van der Waals surface area (Å²) in [5.74, 6) is -1.35. The van der Waals surface area contributed by atoms with Crippen LogP contribution in [0.4, 0.5) is 0 Å². The number of rotatable bonds is 7. The van der Waals surface area contributed by atoms with Crippen LogP contribution in [0.5, 0.6) is 0 Å². The number of nitrogens with one attached hydrogen (secondary N) is 1. The van der Waals surface area contributed by atoms with Gasteiger partial charge in [-0.3, -0.25) is 19.3 Å². The van der Waals surface area contributed by atoms with Crippen LogP contribution < -0.4 is 5.32 Å². The molecule has 2 heterocycles. The second-order valence-electron chi connectivity index (χ2n) is 10.2. The van der Waals surface area contributed by atoms with Crippen LogP contribution in [0.15, 0.2) is 47.2 Å². The molecule has 1 aliphatic rings. The number of aryl methyl sites for hydroxylation is 2. The SMILES string of the molecule is CC(C)(C)c1cc(Br)cc([C@H](CC(=O)O)NC(=O)c2cnn(Cc3ccc4c(n3)CCCC4)c2)c1. The number of carbonyl (C=O) groups is 2. The number of nitrogens with zero attached hydrogens (tertiary/aromatic N) is 3. The monoisotopic (exact) mass is 538 g/mol. The molecule has 0 radical (unpaired) electrons. The summed E-state index contributed by atoms with van der Waals surface area (Å²) in [6.07, 6.45) is 7.44. The second-order valence-corrected chi connectivity index (χ2v) is 11.1. The van der Waals surface area contributed by atoms with Crippen LogP contribution in [0.2, 0.25) is 0 Å². The Bertz CT molecular complexity index is 1250. The number of carboxylic acids is 1. The maximum absolute atomic E-state index is 13.0. The van der Waals surface area contributed by atoms with Gasteiger partial charge in [0.1, 0.15) is 0 Å². The highest BCUT2D eigenvalue weighted by atomic mass is 79.9. The third kappa shape index (κ3) is 6.36. The van der Waals surface area contributed by atoms with Crippen LogP contribution >= 0.6 is 15.9 Å². The number of aromatic nitrogens is 3. The van der Waals surface area contributed by atoms with Crippen molar-refractivity contribution >= 4 is 27.8 Å². The van der Waals surface area contributed by atoms with Crippen molar-refractivity contribution in [1.29, 1.82) is 0 Å². The van der Waals surface area contributed by atoms with Crippen molar-refractivity contribution in [2.45, 2.75) is 70.9 Å². The van der Waals surface area contributed by atoms with E-state index in [2.05, 4.69) is 53.2 Å². The molecule has 0 unspecified atom stereocenters. The molecule has 0 aliphatic heterocycles. The zero-order valence-corrected chi connectivity index (χ0v) is 21.9. The Morgan fingerprint density at radius 2 is 1.94 bits per heavy atom. The van der Waals surface area contributed by atoms with Crippen LogP contribution in [-0.4, -0.2) is 31.7 Å². The lowest BCUT2D eigenvalue weighted by atomic mass is 9.85. The number of carbonyl (C=O) groups excluding carboxylic acids is 1. The number of benzene rings is 1. The molecule has 0 saturated carbocycles. The predicted molar refractivity (Wildman–Crippen MR) is 138 cm³/mol. The van der Waals surface area contributed by atoms with Crippen LogP contribution in [-0.2, 0) is 29.6 Å². The van der Waals surface area contributed by atoms with E-state index in [0.717, 1.165) is 34.1 Å². The van der Waals surface area contributed by atoms with Gasteiger partial charge in [-0.05, 0) is 66.0 Å². The Kier molecular flexibility index (Phi) is 7.40. The Morgan fingerprint density at radius 1 is 1.17 bits per heavy atom. The van der Waals surface area contributed by atoms with Gasteiger partial charge in [0.2, 0.25) is 0 Å². The molecule has 0 bridgehead atoms. The van der Waals surface area contributed by atoms with Crippen molar-refractivity contribution in [2.24, 2.45) is 0 Å². The average Bonchev–Trinajstić information content (AvgIpc) is 3.26. The van der Waals surface area contributed by atoms with E-state index in [0.29, 0.717) is 12.1 Å². The molecule has 35 heavy (non-hydrogen) atoms. The van der Waals surface area contributed by atoms with Gasteiger partial charge in [-0.15, -0.1) is 0 Å². The summed E-state index contributed by atoms with van der Waals surface area (Å²) in [5, 5.41) is 16.7. The molecule has 2 N–H and O–H groups in total. The minimum atomic E-state index is -0.984. The lowest BCUT2D eigenvalue weighted by Crippen LogP contribution is -2.30. The van der Waals surface area contributed by atoms with Crippen molar-refractivity contribution < 1.29 is 14.7 Å². The first-order chi connectivity index (χ1) is 16.6. The maximum Gasteiger partial charge on any atom is 0.305 e. The van der Waals surface area contributed by atoms with Crippen molar-refractivity contribution in [1.82, 2.24) is 20.1 Å². The van der Waals surface area contributed by atoms with Gasteiger partial charge in [0.15, 0.2) is 0 Å². The van der Waals surface area contributed by atoms with Gasteiger partial charge in [-0.2, -0.15) is 5.10 Å². The van der Waals surface area contributed by atoms with E-state index in [9.17, 15) is 14.7 Å². The van der Waals surface area contributed by atoms with Crippen LogP contribution in [0.25, 0.3) is 0 Å². The number of carboxylic acid groups (broad SMARTS) is 1. The van der Waals surface area contributed by atoms with E-state index < -0.39 is 12.0 Å². The highest BCUT2D eigenvalue weighted by Gasteiger charge is 2.23. The van der Waals surface area contributed by atoms with Crippen LogP contribution in [0.1, 0.15) is 84.5 Å². The molecule has 0 spiro atoms. The van der Waals surface area contributed by atoms with Crippen molar-refractivity contribution in [3.8, 4) is 0 Å². The Morgan fingerprint density at radius 3 is 2.69 bits per heavy atom. The van der Waals surface area contributed by atoms with E-state index in [4.69, 9.17) is 4.98 Å². The molecule has 184 valence electrons. The maximum atomic E-state index is 13.0. The molecule has 1 aliphatic carbocycles. The Labute approximate surface area is 214 Å². The summed E-state index contributed by atoms with van der Waals surface area (Å²) in [7, 11) is 0. The topological polar surface area (TPSA) is 97.1 Å². The summed E-state index contributed by atoms with van der Waals surface area (Å²) < 4.78 is 2.53. The number of halogens is 1. The quantitative estimate of drug-likeness (QED) is 0.430. The number of hydrogen-bond acceptors (Lipinski definition) is 4. The normalized spacial score (nSPS) is 14.3. The number of pyridine rings is 1. The first-order valence-corrected chi connectivity index (χ1v) is 12.7. The molecule has 3 aromatic rings. The van der Waals surface area contributed by atoms with Crippen molar-refractivity contribution in [2.75, 3.05) is 0 Å². The van der Waals surface area contributed by atoms with E-state index in [1.807, 2.05) is 24.3 Å². The van der Waals surface area contributed by atoms with Gasteiger partial charge in [0.25, 0.3) is 5.91 Å².